The summed E-state index contributed by atoms with van der Waals surface area (Å²) >= 11 is 0. The zero-order valence-corrected chi connectivity index (χ0v) is 12.8. The molecule has 4 heteroatoms. The molecule has 0 radical (unpaired) electrons. The molecule has 2 unspecified atom stereocenters. The van der Waals surface area contributed by atoms with Crippen molar-refractivity contribution in [3.05, 3.63) is 47.1 Å². The van der Waals surface area contributed by atoms with E-state index in [4.69, 9.17) is 4.52 Å². The Labute approximate surface area is 126 Å². The van der Waals surface area contributed by atoms with Gasteiger partial charge < -0.3 is 9.84 Å². The van der Waals surface area contributed by atoms with Gasteiger partial charge in [0.2, 0.25) is 5.89 Å². The van der Waals surface area contributed by atoms with E-state index in [9.17, 15) is 0 Å². The second kappa shape index (κ2) is 6.39. The summed E-state index contributed by atoms with van der Waals surface area (Å²) in [6.07, 6.45) is 4.32. The Bertz CT molecular complexity index is 593. The lowest BCUT2D eigenvalue weighted by molar-refractivity contribution is 0.329. The van der Waals surface area contributed by atoms with Gasteiger partial charge in [-0.25, -0.2) is 0 Å². The van der Waals surface area contributed by atoms with Crippen molar-refractivity contribution in [1.82, 2.24) is 15.5 Å². The molecular weight excluding hydrogens is 262 g/mol. The van der Waals surface area contributed by atoms with Gasteiger partial charge >= 0.3 is 0 Å². The Balaban J connectivity index is 1.71. The highest BCUT2D eigenvalue weighted by Gasteiger charge is 2.32. The minimum atomic E-state index is 0.378. The minimum Gasteiger partial charge on any atom is -0.339 e. The van der Waals surface area contributed by atoms with Crippen LogP contribution in [0.2, 0.25) is 0 Å². The van der Waals surface area contributed by atoms with E-state index in [1.54, 1.807) is 0 Å². The molecule has 1 aliphatic carbocycles. The first-order valence-electron chi connectivity index (χ1n) is 7.87. The van der Waals surface area contributed by atoms with Gasteiger partial charge in [-0.1, -0.05) is 48.3 Å². The number of nitrogens with zero attached hydrogens (tertiary/aromatic N) is 2. The fraction of sp³-hybridized carbons (Fsp3) is 0.529. The average molecular weight is 285 g/mol. The van der Waals surface area contributed by atoms with Crippen LogP contribution < -0.4 is 5.32 Å². The Morgan fingerprint density at radius 1 is 1.33 bits per heavy atom. The van der Waals surface area contributed by atoms with E-state index in [2.05, 4.69) is 53.6 Å². The molecule has 1 aromatic heterocycles. The Morgan fingerprint density at radius 3 is 3.05 bits per heavy atom. The van der Waals surface area contributed by atoms with Crippen LogP contribution in [0.3, 0.4) is 0 Å². The summed E-state index contributed by atoms with van der Waals surface area (Å²) in [7, 11) is 0. The number of benzene rings is 1. The number of rotatable bonds is 5. The second-order valence-electron chi connectivity index (χ2n) is 5.92. The fourth-order valence-corrected chi connectivity index (χ4v) is 3.26. The average Bonchev–Trinajstić information content (AvgIpc) is 3.08. The Hall–Kier alpha value is -1.68. The highest BCUT2D eigenvalue weighted by Crippen LogP contribution is 2.33. The first kappa shape index (κ1) is 14.3. The molecule has 2 aromatic rings. The molecule has 0 bridgehead atoms. The summed E-state index contributed by atoms with van der Waals surface area (Å²) in [5.41, 5.74) is 2.50. The zero-order valence-electron chi connectivity index (χ0n) is 12.8. The van der Waals surface area contributed by atoms with Crippen molar-refractivity contribution in [1.29, 1.82) is 0 Å². The van der Waals surface area contributed by atoms with E-state index in [0.29, 0.717) is 12.0 Å². The van der Waals surface area contributed by atoms with Crippen LogP contribution >= 0.6 is 0 Å². The van der Waals surface area contributed by atoms with Gasteiger partial charge in [-0.3, -0.25) is 0 Å². The maximum absolute atomic E-state index is 5.53. The first-order valence-corrected chi connectivity index (χ1v) is 7.87. The van der Waals surface area contributed by atoms with E-state index in [1.807, 2.05) is 0 Å². The zero-order chi connectivity index (χ0) is 14.7. The van der Waals surface area contributed by atoms with Crippen LogP contribution in [-0.2, 0) is 6.42 Å². The number of hydrogen-bond donors (Lipinski definition) is 1. The predicted molar refractivity (Wildman–Crippen MR) is 82.3 cm³/mol. The molecule has 4 nitrogen and oxygen atoms in total. The van der Waals surface area contributed by atoms with Gasteiger partial charge in [0, 0.05) is 12.5 Å². The number of likely N-dealkylation sites (N-methyl/N-ethyl adjacent to an activating group) is 1. The lowest BCUT2D eigenvalue weighted by atomic mass is 10.0. The molecule has 1 heterocycles. The molecule has 1 aromatic carbocycles. The van der Waals surface area contributed by atoms with Crippen molar-refractivity contribution in [2.75, 3.05) is 6.54 Å². The van der Waals surface area contributed by atoms with Crippen LogP contribution in [0.15, 0.2) is 28.8 Å². The summed E-state index contributed by atoms with van der Waals surface area (Å²) in [5.74, 6) is 1.97. The van der Waals surface area contributed by atoms with Gasteiger partial charge in [0.25, 0.3) is 0 Å². The van der Waals surface area contributed by atoms with Crippen molar-refractivity contribution in [3.63, 3.8) is 0 Å². The number of aromatic nitrogens is 2. The largest absolute Gasteiger partial charge is 0.339 e. The normalized spacial score (nSPS) is 21.8. The molecule has 2 atom stereocenters. The van der Waals surface area contributed by atoms with Gasteiger partial charge in [-0.05, 0) is 31.9 Å². The van der Waals surface area contributed by atoms with Crippen LogP contribution in [0.25, 0.3) is 0 Å². The maximum Gasteiger partial charge on any atom is 0.231 e. The summed E-state index contributed by atoms with van der Waals surface area (Å²) in [6.45, 7) is 5.24. The quantitative estimate of drug-likeness (QED) is 0.916. The van der Waals surface area contributed by atoms with Crippen LogP contribution in [0.5, 0.6) is 0 Å². The molecule has 0 saturated heterocycles. The second-order valence-corrected chi connectivity index (χ2v) is 5.92. The van der Waals surface area contributed by atoms with Crippen molar-refractivity contribution in [2.24, 2.45) is 0 Å². The van der Waals surface area contributed by atoms with Gasteiger partial charge in [0.05, 0.1) is 5.92 Å². The van der Waals surface area contributed by atoms with Gasteiger partial charge in [0.15, 0.2) is 5.82 Å². The molecule has 21 heavy (non-hydrogen) atoms. The third-order valence-electron chi connectivity index (χ3n) is 4.23. The van der Waals surface area contributed by atoms with Crippen molar-refractivity contribution >= 4 is 0 Å². The SMILES string of the molecule is CCNC1CCCC1c1nc(Cc2cccc(C)c2)no1. The van der Waals surface area contributed by atoms with E-state index >= 15 is 0 Å². The topological polar surface area (TPSA) is 51.0 Å². The smallest absolute Gasteiger partial charge is 0.231 e. The molecule has 1 N–H and O–H groups in total. The highest BCUT2D eigenvalue weighted by molar-refractivity contribution is 5.24. The highest BCUT2D eigenvalue weighted by atomic mass is 16.5. The standard InChI is InChI=1S/C17H23N3O/c1-3-18-15-9-5-8-14(15)17-19-16(20-21-17)11-13-7-4-6-12(2)10-13/h4,6-7,10,14-15,18H,3,5,8-9,11H2,1-2H3. The third-order valence-corrected chi connectivity index (χ3v) is 4.23. The van der Waals surface area contributed by atoms with Crippen molar-refractivity contribution < 1.29 is 4.52 Å². The van der Waals surface area contributed by atoms with E-state index in [1.165, 1.54) is 24.0 Å². The first-order chi connectivity index (χ1) is 10.3. The molecule has 0 aliphatic heterocycles. The summed E-state index contributed by atoms with van der Waals surface area (Å²) in [4.78, 5) is 4.63. The molecule has 0 amide bonds. The predicted octanol–water partition coefficient (Wildman–Crippen LogP) is 3.21. The van der Waals surface area contributed by atoms with E-state index < -0.39 is 0 Å². The Morgan fingerprint density at radius 2 is 2.24 bits per heavy atom. The Kier molecular flexibility index (Phi) is 4.34. The molecule has 1 aliphatic rings. The minimum absolute atomic E-state index is 0.378. The summed E-state index contributed by atoms with van der Waals surface area (Å²) < 4.78 is 5.53. The van der Waals surface area contributed by atoms with Gasteiger partial charge in [-0.2, -0.15) is 4.98 Å². The van der Waals surface area contributed by atoms with E-state index in [0.717, 1.165) is 31.1 Å². The molecular formula is C17H23N3O. The van der Waals surface area contributed by atoms with Gasteiger partial charge in [-0.15, -0.1) is 0 Å². The molecule has 3 rings (SSSR count). The maximum atomic E-state index is 5.53. The summed E-state index contributed by atoms with van der Waals surface area (Å²) in [5, 5.41) is 7.70. The van der Waals surface area contributed by atoms with Crippen LogP contribution in [-0.4, -0.2) is 22.7 Å². The third kappa shape index (κ3) is 3.32. The van der Waals surface area contributed by atoms with Crippen LogP contribution in [0, 0.1) is 6.92 Å². The summed E-state index contributed by atoms with van der Waals surface area (Å²) in [6, 6.07) is 8.95. The van der Waals surface area contributed by atoms with Crippen molar-refractivity contribution in [2.45, 2.75) is 51.5 Å². The molecule has 0 spiro atoms. The lowest BCUT2D eigenvalue weighted by Gasteiger charge is -2.16. The number of nitrogens with one attached hydrogen (secondary N) is 1. The lowest BCUT2D eigenvalue weighted by Crippen LogP contribution is -2.31. The van der Waals surface area contributed by atoms with Gasteiger partial charge in [0.1, 0.15) is 0 Å². The van der Waals surface area contributed by atoms with Crippen molar-refractivity contribution in [3.8, 4) is 0 Å². The monoisotopic (exact) mass is 285 g/mol. The number of aryl methyl sites for hydroxylation is 1. The molecule has 112 valence electrons. The fourth-order valence-electron chi connectivity index (χ4n) is 3.26. The van der Waals surface area contributed by atoms with E-state index in [-0.39, 0.29) is 0 Å². The van der Waals surface area contributed by atoms with Crippen LogP contribution in [0.4, 0.5) is 0 Å². The number of hydrogen-bond acceptors (Lipinski definition) is 4. The molecule has 1 saturated carbocycles. The molecule has 1 fully saturated rings. The van der Waals surface area contributed by atoms with Crippen LogP contribution in [0.1, 0.15) is 54.9 Å².